The van der Waals surface area contributed by atoms with E-state index in [1.54, 1.807) is 6.07 Å². The van der Waals surface area contributed by atoms with Gasteiger partial charge in [-0.15, -0.1) is 0 Å². The van der Waals surface area contributed by atoms with Crippen LogP contribution in [0, 0.1) is 13.8 Å². The van der Waals surface area contributed by atoms with Crippen LogP contribution >= 0.6 is 11.8 Å². The van der Waals surface area contributed by atoms with Crippen LogP contribution in [0.1, 0.15) is 21.5 Å². The molecule has 0 aliphatic carbocycles. The van der Waals surface area contributed by atoms with Gasteiger partial charge >= 0.3 is 0 Å². The highest BCUT2D eigenvalue weighted by Crippen LogP contribution is 2.34. The van der Waals surface area contributed by atoms with Crippen molar-refractivity contribution < 1.29 is 9.59 Å². The second kappa shape index (κ2) is 2.70. The quantitative estimate of drug-likeness (QED) is 0.590. The summed E-state index contributed by atoms with van der Waals surface area (Å²) in [7, 11) is 0. The number of ketones is 1. The number of benzene rings is 1. The highest BCUT2D eigenvalue weighted by atomic mass is 32.2. The maximum Gasteiger partial charge on any atom is 0.264 e. The lowest BCUT2D eigenvalue weighted by molar-refractivity contribution is -0.107. The summed E-state index contributed by atoms with van der Waals surface area (Å²) >= 11 is 1.03. The molecule has 2 nitrogen and oxygen atoms in total. The third-order valence-electron chi connectivity index (χ3n) is 2.23. The van der Waals surface area contributed by atoms with Crippen LogP contribution in [0.2, 0.25) is 0 Å². The van der Waals surface area contributed by atoms with E-state index in [-0.39, 0.29) is 10.9 Å². The molecule has 0 atom stereocenters. The monoisotopic (exact) mass is 192 g/mol. The summed E-state index contributed by atoms with van der Waals surface area (Å²) in [6.45, 7) is 3.92. The van der Waals surface area contributed by atoms with Crippen LogP contribution in [-0.4, -0.2) is 10.9 Å². The Morgan fingerprint density at radius 2 is 1.69 bits per heavy atom. The van der Waals surface area contributed by atoms with Gasteiger partial charge in [0.2, 0.25) is 5.78 Å². The van der Waals surface area contributed by atoms with Crippen LogP contribution < -0.4 is 0 Å². The first kappa shape index (κ1) is 8.51. The Bertz CT molecular complexity index is 421. The lowest BCUT2D eigenvalue weighted by atomic mass is 10.0. The topological polar surface area (TPSA) is 34.1 Å². The molecular formula is C10H8O2S. The second-order valence-corrected chi connectivity index (χ2v) is 4.17. The molecule has 3 heteroatoms. The van der Waals surface area contributed by atoms with E-state index in [1.165, 1.54) is 0 Å². The van der Waals surface area contributed by atoms with Crippen LogP contribution in [0.15, 0.2) is 17.0 Å². The van der Waals surface area contributed by atoms with Gasteiger partial charge < -0.3 is 0 Å². The van der Waals surface area contributed by atoms with E-state index in [9.17, 15) is 9.59 Å². The van der Waals surface area contributed by atoms with Gasteiger partial charge in [0.05, 0.1) is 0 Å². The highest BCUT2D eigenvalue weighted by molar-refractivity contribution is 8.16. The number of aryl methyl sites for hydroxylation is 2. The minimum atomic E-state index is -0.361. The van der Waals surface area contributed by atoms with Gasteiger partial charge in [0, 0.05) is 10.5 Å². The SMILES string of the molecule is Cc1cc2c(cc1C)C(=O)C(=O)S2. The van der Waals surface area contributed by atoms with Crippen molar-refractivity contribution in [3.63, 3.8) is 0 Å². The molecule has 13 heavy (non-hydrogen) atoms. The zero-order valence-electron chi connectivity index (χ0n) is 7.38. The Morgan fingerprint density at radius 3 is 2.38 bits per heavy atom. The van der Waals surface area contributed by atoms with Crippen molar-refractivity contribution in [3.8, 4) is 0 Å². The first-order chi connectivity index (χ1) is 6.09. The second-order valence-electron chi connectivity index (χ2n) is 3.15. The number of hydrogen-bond donors (Lipinski definition) is 0. The predicted molar refractivity (Wildman–Crippen MR) is 51.1 cm³/mol. The van der Waals surface area contributed by atoms with Gasteiger partial charge in [-0.3, -0.25) is 9.59 Å². The average molecular weight is 192 g/mol. The van der Waals surface area contributed by atoms with E-state index in [2.05, 4.69) is 0 Å². The molecule has 0 bridgehead atoms. The Kier molecular flexibility index (Phi) is 1.77. The van der Waals surface area contributed by atoms with Gasteiger partial charge in [0.1, 0.15) is 0 Å². The molecular weight excluding hydrogens is 184 g/mol. The van der Waals surface area contributed by atoms with Crippen LogP contribution in [-0.2, 0) is 4.79 Å². The van der Waals surface area contributed by atoms with Gasteiger partial charge in [0.15, 0.2) is 0 Å². The zero-order chi connectivity index (χ0) is 9.59. The zero-order valence-corrected chi connectivity index (χ0v) is 8.20. The number of hydrogen-bond acceptors (Lipinski definition) is 3. The van der Waals surface area contributed by atoms with Crippen molar-refractivity contribution in [3.05, 3.63) is 28.8 Å². The summed E-state index contributed by atoms with van der Waals surface area (Å²) in [4.78, 5) is 23.2. The van der Waals surface area contributed by atoms with E-state index in [0.29, 0.717) is 5.56 Å². The minimum Gasteiger partial charge on any atom is -0.284 e. The number of fused-ring (bicyclic) bond motifs is 1. The molecule has 1 aromatic carbocycles. The van der Waals surface area contributed by atoms with E-state index in [0.717, 1.165) is 27.8 Å². The van der Waals surface area contributed by atoms with Crippen molar-refractivity contribution in [2.24, 2.45) is 0 Å². The molecule has 66 valence electrons. The molecule has 1 aromatic rings. The third kappa shape index (κ3) is 1.20. The van der Waals surface area contributed by atoms with E-state index in [4.69, 9.17) is 0 Å². The molecule has 0 spiro atoms. The summed E-state index contributed by atoms with van der Waals surface area (Å²) in [5.41, 5.74) is 2.74. The Morgan fingerprint density at radius 1 is 1.08 bits per heavy atom. The van der Waals surface area contributed by atoms with Crippen molar-refractivity contribution >= 4 is 22.7 Å². The van der Waals surface area contributed by atoms with Crippen LogP contribution in [0.25, 0.3) is 0 Å². The van der Waals surface area contributed by atoms with Gasteiger partial charge in [-0.05, 0) is 48.9 Å². The molecule has 0 unspecified atom stereocenters. The smallest absolute Gasteiger partial charge is 0.264 e. The predicted octanol–water partition coefficient (Wildman–Crippen LogP) is 2.12. The molecule has 0 aromatic heterocycles. The summed E-state index contributed by atoms with van der Waals surface area (Å²) < 4.78 is 0. The summed E-state index contributed by atoms with van der Waals surface area (Å²) in [5.74, 6) is -0.358. The van der Waals surface area contributed by atoms with Crippen molar-refractivity contribution in [2.45, 2.75) is 18.7 Å². The van der Waals surface area contributed by atoms with E-state index >= 15 is 0 Å². The number of thioether (sulfide) groups is 1. The van der Waals surface area contributed by atoms with Crippen LogP contribution in [0.4, 0.5) is 0 Å². The van der Waals surface area contributed by atoms with Gasteiger partial charge in [-0.25, -0.2) is 0 Å². The van der Waals surface area contributed by atoms with E-state index < -0.39 is 0 Å². The highest BCUT2D eigenvalue weighted by Gasteiger charge is 2.29. The van der Waals surface area contributed by atoms with Crippen LogP contribution in [0.3, 0.4) is 0 Å². The van der Waals surface area contributed by atoms with Crippen molar-refractivity contribution in [2.75, 3.05) is 0 Å². The normalized spacial score (nSPS) is 14.9. The summed E-state index contributed by atoms with van der Waals surface area (Å²) in [5, 5.41) is -0.361. The Labute approximate surface area is 80.3 Å². The number of carbonyl (C=O) groups is 2. The van der Waals surface area contributed by atoms with Crippen molar-refractivity contribution in [1.29, 1.82) is 0 Å². The first-order valence-electron chi connectivity index (χ1n) is 3.97. The maximum atomic E-state index is 11.3. The number of Topliss-reactive ketones (excluding diaryl/α,β-unsaturated/α-hetero) is 1. The van der Waals surface area contributed by atoms with E-state index in [1.807, 2.05) is 19.9 Å². The first-order valence-corrected chi connectivity index (χ1v) is 4.79. The minimum absolute atomic E-state index is 0.358. The average Bonchev–Trinajstić information content (AvgIpc) is 2.32. The molecule has 0 fully saturated rings. The maximum absolute atomic E-state index is 11.3. The molecule has 1 heterocycles. The van der Waals surface area contributed by atoms with Crippen molar-refractivity contribution in [1.82, 2.24) is 0 Å². The van der Waals surface area contributed by atoms with Gasteiger partial charge in [-0.1, -0.05) is 0 Å². The fourth-order valence-corrected chi connectivity index (χ4v) is 2.21. The lowest BCUT2D eigenvalue weighted by Gasteiger charge is -2.01. The molecule has 1 aliphatic rings. The summed E-state index contributed by atoms with van der Waals surface area (Å²) in [6.07, 6.45) is 0. The molecule has 2 rings (SSSR count). The van der Waals surface area contributed by atoms with Gasteiger partial charge in [-0.2, -0.15) is 0 Å². The standard InChI is InChI=1S/C10H8O2S/c1-5-3-7-8(4-6(5)2)13-10(12)9(7)11/h3-4H,1-2H3. The Hall–Kier alpha value is -1.09. The Balaban J connectivity index is 2.66. The molecule has 0 saturated carbocycles. The summed E-state index contributed by atoms with van der Waals surface area (Å²) in [6, 6.07) is 3.70. The molecule has 0 N–H and O–H groups in total. The fraction of sp³-hybridized carbons (Fsp3) is 0.200. The fourth-order valence-electron chi connectivity index (χ4n) is 1.31. The third-order valence-corrected chi connectivity index (χ3v) is 3.16. The number of rotatable bonds is 0. The molecule has 0 amide bonds. The largest absolute Gasteiger partial charge is 0.284 e. The van der Waals surface area contributed by atoms with Crippen LogP contribution in [0.5, 0.6) is 0 Å². The molecule has 1 aliphatic heterocycles. The lowest BCUT2D eigenvalue weighted by Crippen LogP contribution is -2.02. The number of carbonyl (C=O) groups excluding carboxylic acids is 2. The molecule has 0 saturated heterocycles. The molecule has 0 radical (unpaired) electrons. The van der Waals surface area contributed by atoms with Gasteiger partial charge in [0.25, 0.3) is 5.12 Å².